The minimum absolute atomic E-state index is 0.0110. The Morgan fingerprint density at radius 1 is 1.08 bits per heavy atom. The third-order valence-corrected chi connectivity index (χ3v) is 8.03. The summed E-state index contributed by atoms with van der Waals surface area (Å²) in [5.74, 6) is -0.213. The number of benzene rings is 1. The molecule has 11 heteroatoms. The minimum Gasteiger partial charge on any atom is -0.325 e. The summed E-state index contributed by atoms with van der Waals surface area (Å²) in [5.41, 5.74) is 3.75. The van der Waals surface area contributed by atoms with Crippen LogP contribution in [-0.4, -0.2) is 35.0 Å². The molecule has 1 aliphatic rings. The van der Waals surface area contributed by atoms with Crippen LogP contribution in [0.25, 0.3) is 0 Å². The molecule has 0 atom stereocenters. The Hall–Kier alpha value is -3.49. The molecule has 1 aliphatic carbocycles. The molecule has 4 rings (SSSR count). The van der Waals surface area contributed by atoms with Gasteiger partial charge < -0.3 is 5.32 Å². The molecule has 0 bridgehead atoms. The molecule has 0 aliphatic heterocycles. The number of fused-ring (bicyclic) bond motifs is 1. The molecule has 2 N–H and O–H groups in total. The van der Waals surface area contributed by atoms with E-state index in [1.165, 1.54) is 55.1 Å². The van der Waals surface area contributed by atoms with Crippen LogP contribution in [0.2, 0.25) is 0 Å². The Balaban J connectivity index is 1.38. The maximum Gasteiger partial charge on any atom is 0.264 e. The highest BCUT2D eigenvalue weighted by Crippen LogP contribution is 2.27. The Kier molecular flexibility index (Phi) is 8.18. The zero-order chi connectivity index (χ0) is 25.5. The van der Waals surface area contributed by atoms with E-state index in [-0.39, 0.29) is 22.5 Å². The number of hydrogen-bond acceptors (Lipinski definition) is 8. The third-order valence-electron chi connectivity index (χ3n) is 5.70. The highest BCUT2D eigenvalue weighted by molar-refractivity contribution is 8.00. The molecule has 0 fully saturated rings. The molecular formula is C25H26N6O3S2. The highest BCUT2D eigenvalue weighted by atomic mass is 32.2. The molecule has 2 heterocycles. The van der Waals surface area contributed by atoms with E-state index in [2.05, 4.69) is 26.1 Å². The number of rotatable bonds is 7. The van der Waals surface area contributed by atoms with Crippen molar-refractivity contribution in [3.05, 3.63) is 65.1 Å². The number of anilines is 2. The van der Waals surface area contributed by atoms with Crippen LogP contribution in [0.15, 0.2) is 52.5 Å². The van der Waals surface area contributed by atoms with E-state index in [1.54, 1.807) is 13.0 Å². The van der Waals surface area contributed by atoms with Gasteiger partial charge in [0.15, 0.2) is 0 Å². The van der Waals surface area contributed by atoms with Crippen LogP contribution in [0, 0.1) is 18.3 Å². The maximum atomic E-state index is 12.6. The van der Waals surface area contributed by atoms with Crippen LogP contribution in [0.1, 0.15) is 48.2 Å². The maximum absolute atomic E-state index is 12.6. The molecule has 3 aromatic rings. The summed E-state index contributed by atoms with van der Waals surface area (Å²) in [4.78, 5) is 25.2. The number of pyridine rings is 1. The second-order valence-electron chi connectivity index (χ2n) is 8.46. The Morgan fingerprint density at radius 2 is 1.83 bits per heavy atom. The summed E-state index contributed by atoms with van der Waals surface area (Å²) >= 11 is 1.23. The van der Waals surface area contributed by atoms with Crippen LogP contribution < -0.4 is 10.0 Å². The zero-order valence-electron chi connectivity index (χ0n) is 19.8. The molecule has 1 aromatic carbocycles. The summed E-state index contributed by atoms with van der Waals surface area (Å²) in [6, 6.07) is 11.6. The first-order valence-electron chi connectivity index (χ1n) is 11.6. The number of carbonyl (C=O) groups is 1. The molecule has 36 heavy (non-hydrogen) atoms. The monoisotopic (exact) mass is 522 g/mol. The largest absolute Gasteiger partial charge is 0.325 e. The first-order valence-corrected chi connectivity index (χ1v) is 14.1. The molecule has 0 spiro atoms. The fourth-order valence-electron chi connectivity index (χ4n) is 3.88. The number of sulfonamides is 1. The van der Waals surface area contributed by atoms with Crippen LogP contribution in [0.4, 0.5) is 11.6 Å². The smallest absolute Gasteiger partial charge is 0.264 e. The van der Waals surface area contributed by atoms with Gasteiger partial charge in [-0.25, -0.2) is 28.1 Å². The molecule has 186 valence electrons. The molecular weight excluding hydrogens is 496 g/mol. The Labute approximate surface area is 214 Å². The number of amides is 1. The lowest BCUT2D eigenvalue weighted by Gasteiger charge is -2.15. The van der Waals surface area contributed by atoms with Gasteiger partial charge in [-0.15, -0.1) is 0 Å². The number of aryl methyl sites for hydroxylation is 3. The number of hydrogen-bond donors (Lipinski definition) is 2. The van der Waals surface area contributed by atoms with Crippen molar-refractivity contribution in [1.82, 2.24) is 15.0 Å². The lowest BCUT2D eigenvalue weighted by Crippen LogP contribution is -2.16. The average molecular weight is 523 g/mol. The van der Waals surface area contributed by atoms with Crippen LogP contribution in [-0.2, 0) is 27.7 Å². The van der Waals surface area contributed by atoms with Crippen molar-refractivity contribution in [3.8, 4) is 6.07 Å². The van der Waals surface area contributed by atoms with Gasteiger partial charge in [-0.3, -0.25) is 4.79 Å². The van der Waals surface area contributed by atoms with Gasteiger partial charge in [-0.1, -0.05) is 24.6 Å². The molecule has 0 saturated carbocycles. The fraction of sp³-hybridized carbons (Fsp3) is 0.320. The quantitative estimate of drug-likeness (QED) is 0.440. The first kappa shape index (κ1) is 25.6. The topological polar surface area (TPSA) is 138 Å². The van der Waals surface area contributed by atoms with Crippen LogP contribution in [0.5, 0.6) is 0 Å². The van der Waals surface area contributed by atoms with E-state index in [0.717, 1.165) is 36.9 Å². The lowest BCUT2D eigenvalue weighted by molar-refractivity contribution is -0.113. The Morgan fingerprint density at radius 3 is 2.56 bits per heavy atom. The normalized spacial score (nSPS) is 13.6. The van der Waals surface area contributed by atoms with Gasteiger partial charge in [0.05, 0.1) is 16.2 Å². The van der Waals surface area contributed by atoms with Gasteiger partial charge in [0.1, 0.15) is 11.1 Å². The van der Waals surface area contributed by atoms with E-state index in [0.29, 0.717) is 22.0 Å². The van der Waals surface area contributed by atoms with Gasteiger partial charge in [-0.05, 0) is 74.6 Å². The van der Waals surface area contributed by atoms with E-state index in [9.17, 15) is 18.5 Å². The van der Waals surface area contributed by atoms with Crippen LogP contribution in [0.3, 0.4) is 0 Å². The first-order chi connectivity index (χ1) is 17.3. The Bertz CT molecular complexity index is 1400. The molecule has 1 amide bonds. The molecule has 2 aromatic heterocycles. The number of carbonyl (C=O) groups excluding carboxylic acids is 1. The van der Waals surface area contributed by atoms with Crippen molar-refractivity contribution in [2.24, 2.45) is 0 Å². The van der Waals surface area contributed by atoms with Crippen molar-refractivity contribution in [2.45, 2.75) is 55.4 Å². The second-order valence-corrected chi connectivity index (χ2v) is 11.1. The summed E-state index contributed by atoms with van der Waals surface area (Å²) in [6.07, 6.45) is 7.85. The van der Waals surface area contributed by atoms with E-state index >= 15 is 0 Å². The molecule has 9 nitrogen and oxygen atoms in total. The minimum atomic E-state index is -3.87. The summed E-state index contributed by atoms with van der Waals surface area (Å²) in [6.45, 7) is 1.74. The average Bonchev–Trinajstić information content (AvgIpc) is 2.83. The van der Waals surface area contributed by atoms with Gasteiger partial charge in [-0.2, -0.15) is 5.26 Å². The van der Waals surface area contributed by atoms with Gasteiger partial charge in [0, 0.05) is 23.3 Å². The van der Waals surface area contributed by atoms with Crippen molar-refractivity contribution in [3.63, 3.8) is 0 Å². The number of nitrogens with one attached hydrogen (secondary N) is 2. The van der Waals surface area contributed by atoms with Gasteiger partial charge >= 0.3 is 0 Å². The fourth-order valence-corrected chi connectivity index (χ4v) is 5.61. The molecule has 0 unspecified atom stereocenters. The lowest BCUT2D eigenvalue weighted by atomic mass is 9.96. The number of nitriles is 1. The summed E-state index contributed by atoms with van der Waals surface area (Å²) < 4.78 is 27.5. The van der Waals surface area contributed by atoms with Crippen molar-refractivity contribution >= 4 is 39.3 Å². The molecule has 0 saturated heterocycles. The predicted molar refractivity (Wildman–Crippen MR) is 138 cm³/mol. The summed E-state index contributed by atoms with van der Waals surface area (Å²) in [5, 5.41) is 12.9. The van der Waals surface area contributed by atoms with E-state index in [1.807, 2.05) is 6.07 Å². The third kappa shape index (κ3) is 6.59. The summed E-state index contributed by atoms with van der Waals surface area (Å²) in [7, 11) is -3.87. The number of nitrogens with zero attached hydrogens (tertiary/aromatic N) is 4. The van der Waals surface area contributed by atoms with Crippen molar-refractivity contribution < 1.29 is 13.2 Å². The predicted octanol–water partition coefficient (Wildman–Crippen LogP) is 4.24. The van der Waals surface area contributed by atoms with Crippen molar-refractivity contribution in [2.75, 3.05) is 15.8 Å². The zero-order valence-corrected chi connectivity index (χ0v) is 21.5. The SMILES string of the molecule is Cc1ccnc(NS(=O)(=O)c2ccc(NC(=O)CSc3nc4c(cc3C#N)CCCCCC4)cc2)n1. The van der Waals surface area contributed by atoms with Gasteiger partial charge in [0.2, 0.25) is 11.9 Å². The number of aromatic nitrogens is 3. The molecule has 0 radical (unpaired) electrons. The van der Waals surface area contributed by atoms with Gasteiger partial charge in [0.25, 0.3) is 10.0 Å². The second kappa shape index (κ2) is 11.5. The van der Waals surface area contributed by atoms with Crippen LogP contribution >= 0.6 is 11.8 Å². The van der Waals surface area contributed by atoms with E-state index < -0.39 is 10.0 Å². The van der Waals surface area contributed by atoms with Crippen molar-refractivity contribution in [1.29, 1.82) is 5.26 Å². The standard InChI is InChI=1S/C25H26N6O3S2/c1-17-12-13-27-25(28-17)31-36(33,34)21-10-8-20(9-11-21)29-23(32)16-35-24-19(15-26)14-18-6-4-2-3-5-7-22(18)30-24/h8-14H,2-7,16H2,1H3,(H,29,32)(H,27,28,31). The number of thioether (sulfide) groups is 1. The van der Waals surface area contributed by atoms with E-state index in [4.69, 9.17) is 4.98 Å². The highest BCUT2D eigenvalue weighted by Gasteiger charge is 2.17.